The first kappa shape index (κ1) is 11.5. The maximum atomic E-state index is 5.50. The first-order valence-electron chi connectivity index (χ1n) is 6.33. The molecule has 1 aliphatic carbocycles. The summed E-state index contributed by atoms with van der Waals surface area (Å²) in [6.45, 7) is 2.82. The van der Waals surface area contributed by atoms with Crippen molar-refractivity contribution in [2.24, 2.45) is 5.73 Å². The normalized spacial score (nSPS) is 16.9. The van der Waals surface area contributed by atoms with Gasteiger partial charge in [0.05, 0.1) is 17.1 Å². The number of aromatic nitrogens is 2. The van der Waals surface area contributed by atoms with Crippen LogP contribution in [-0.4, -0.2) is 16.5 Å². The number of hydrogen-bond acceptors (Lipinski definition) is 3. The van der Waals surface area contributed by atoms with Crippen molar-refractivity contribution in [3.63, 3.8) is 0 Å². The zero-order chi connectivity index (χ0) is 11.4. The third-order valence-corrected chi connectivity index (χ3v) is 3.41. The highest BCUT2D eigenvalue weighted by atomic mass is 14.8. The van der Waals surface area contributed by atoms with Gasteiger partial charge in [-0.2, -0.15) is 0 Å². The van der Waals surface area contributed by atoms with E-state index in [-0.39, 0.29) is 0 Å². The average Bonchev–Trinajstić information content (AvgIpc) is 2.80. The molecular weight excluding hydrogens is 198 g/mol. The molecule has 1 fully saturated rings. The van der Waals surface area contributed by atoms with Crippen LogP contribution < -0.4 is 5.73 Å². The SMILES string of the molecule is Cc1nc(CCCN)cnc1C1CCCC1. The van der Waals surface area contributed by atoms with E-state index in [1.807, 2.05) is 6.20 Å². The molecule has 1 aliphatic rings. The van der Waals surface area contributed by atoms with Crippen molar-refractivity contribution in [1.29, 1.82) is 0 Å². The number of nitrogens with two attached hydrogens (primary N) is 1. The molecule has 16 heavy (non-hydrogen) atoms. The highest BCUT2D eigenvalue weighted by molar-refractivity contribution is 5.18. The van der Waals surface area contributed by atoms with Crippen LogP contribution in [0.15, 0.2) is 6.20 Å². The van der Waals surface area contributed by atoms with Gasteiger partial charge in [0.1, 0.15) is 0 Å². The van der Waals surface area contributed by atoms with Gasteiger partial charge in [0.25, 0.3) is 0 Å². The van der Waals surface area contributed by atoms with E-state index < -0.39 is 0 Å². The standard InChI is InChI=1S/C13H21N3/c1-10-13(11-5-2-3-6-11)15-9-12(16-10)7-4-8-14/h9,11H,2-8,14H2,1H3. The van der Waals surface area contributed by atoms with Crippen molar-refractivity contribution in [1.82, 2.24) is 9.97 Å². The summed E-state index contributed by atoms with van der Waals surface area (Å²) in [4.78, 5) is 9.25. The van der Waals surface area contributed by atoms with Crippen molar-refractivity contribution >= 4 is 0 Å². The fourth-order valence-electron chi connectivity index (χ4n) is 2.54. The minimum atomic E-state index is 0.663. The van der Waals surface area contributed by atoms with Crippen LogP contribution in [0.25, 0.3) is 0 Å². The zero-order valence-corrected chi connectivity index (χ0v) is 10.1. The van der Waals surface area contributed by atoms with Gasteiger partial charge in [0, 0.05) is 12.1 Å². The van der Waals surface area contributed by atoms with E-state index in [0.29, 0.717) is 5.92 Å². The summed E-state index contributed by atoms with van der Waals surface area (Å²) in [7, 11) is 0. The molecule has 3 nitrogen and oxygen atoms in total. The largest absolute Gasteiger partial charge is 0.330 e. The van der Waals surface area contributed by atoms with Crippen molar-refractivity contribution in [2.75, 3.05) is 6.54 Å². The molecule has 1 aromatic rings. The Labute approximate surface area is 97.5 Å². The first-order chi connectivity index (χ1) is 7.81. The molecule has 0 spiro atoms. The van der Waals surface area contributed by atoms with E-state index in [4.69, 9.17) is 5.73 Å². The topological polar surface area (TPSA) is 51.8 Å². The summed E-state index contributed by atoms with van der Waals surface area (Å²) in [5.74, 6) is 0.663. The van der Waals surface area contributed by atoms with E-state index in [0.717, 1.165) is 30.8 Å². The lowest BCUT2D eigenvalue weighted by Gasteiger charge is -2.11. The number of hydrogen-bond donors (Lipinski definition) is 1. The molecule has 1 saturated carbocycles. The molecule has 2 N–H and O–H groups in total. The Bertz CT molecular complexity index is 343. The number of aryl methyl sites for hydroxylation is 2. The summed E-state index contributed by atoms with van der Waals surface area (Å²) in [5.41, 5.74) is 8.94. The fourth-order valence-corrected chi connectivity index (χ4v) is 2.54. The van der Waals surface area contributed by atoms with E-state index in [9.17, 15) is 0 Å². The maximum Gasteiger partial charge on any atom is 0.0646 e. The predicted octanol–water partition coefficient (Wildman–Crippen LogP) is 2.33. The van der Waals surface area contributed by atoms with Gasteiger partial charge in [-0.1, -0.05) is 12.8 Å². The molecule has 2 rings (SSSR count). The zero-order valence-electron chi connectivity index (χ0n) is 10.1. The highest BCUT2D eigenvalue weighted by Crippen LogP contribution is 2.33. The predicted molar refractivity (Wildman–Crippen MR) is 65.4 cm³/mol. The number of nitrogens with zero attached hydrogens (tertiary/aromatic N) is 2. The van der Waals surface area contributed by atoms with Crippen LogP contribution in [0.3, 0.4) is 0 Å². The molecule has 0 radical (unpaired) electrons. The summed E-state index contributed by atoms with van der Waals surface area (Å²) < 4.78 is 0. The Kier molecular flexibility index (Phi) is 3.88. The van der Waals surface area contributed by atoms with Gasteiger partial charge in [-0.15, -0.1) is 0 Å². The minimum Gasteiger partial charge on any atom is -0.330 e. The Balaban J connectivity index is 2.09. The molecule has 0 aliphatic heterocycles. The van der Waals surface area contributed by atoms with Crippen molar-refractivity contribution < 1.29 is 0 Å². The first-order valence-corrected chi connectivity index (χ1v) is 6.33. The van der Waals surface area contributed by atoms with Crippen molar-refractivity contribution in [2.45, 2.75) is 51.4 Å². The highest BCUT2D eigenvalue weighted by Gasteiger charge is 2.20. The third kappa shape index (κ3) is 2.59. The summed E-state index contributed by atoms with van der Waals surface area (Å²) in [6.07, 6.45) is 9.17. The van der Waals surface area contributed by atoms with Crippen LogP contribution >= 0.6 is 0 Å². The molecule has 0 atom stereocenters. The molecule has 1 heterocycles. The smallest absolute Gasteiger partial charge is 0.0646 e. The van der Waals surface area contributed by atoms with Crippen LogP contribution in [0.2, 0.25) is 0 Å². The van der Waals surface area contributed by atoms with E-state index in [1.165, 1.54) is 31.4 Å². The van der Waals surface area contributed by atoms with Crippen molar-refractivity contribution in [3.8, 4) is 0 Å². The van der Waals surface area contributed by atoms with E-state index in [1.54, 1.807) is 0 Å². The molecule has 88 valence electrons. The molecule has 0 bridgehead atoms. The quantitative estimate of drug-likeness (QED) is 0.845. The van der Waals surface area contributed by atoms with Crippen LogP contribution in [0, 0.1) is 6.92 Å². The summed E-state index contributed by atoms with van der Waals surface area (Å²) >= 11 is 0. The van der Waals surface area contributed by atoms with Gasteiger partial charge in [-0.3, -0.25) is 9.97 Å². The van der Waals surface area contributed by atoms with Gasteiger partial charge in [-0.25, -0.2) is 0 Å². The van der Waals surface area contributed by atoms with Crippen LogP contribution in [-0.2, 0) is 6.42 Å². The number of rotatable bonds is 4. The Morgan fingerprint density at radius 1 is 1.38 bits per heavy atom. The van der Waals surface area contributed by atoms with Crippen LogP contribution in [0.4, 0.5) is 0 Å². The second-order valence-corrected chi connectivity index (χ2v) is 4.71. The van der Waals surface area contributed by atoms with Gasteiger partial charge in [-0.05, 0) is 39.2 Å². The third-order valence-electron chi connectivity index (χ3n) is 3.41. The Hall–Kier alpha value is -0.960. The second kappa shape index (κ2) is 5.39. The molecule has 0 unspecified atom stereocenters. The van der Waals surface area contributed by atoms with E-state index in [2.05, 4.69) is 16.9 Å². The van der Waals surface area contributed by atoms with Gasteiger partial charge in [0.2, 0.25) is 0 Å². The molecule has 1 aromatic heterocycles. The average molecular weight is 219 g/mol. The summed E-state index contributed by atoms with van der Waals surface area (Å²) in [6, 6.07) is 0. The van der Waals surface area contributed by atoms with Gasteiger partial charge < -0.3 is 5.73 Å². The Morgan fingerprint density at radius 3 is 2.75 bits per heavy atom. The minimum absolute atomic E-state index is 0.663. The van der Waals surface area contributed by atoms with E-state index >= 15 is 0 Å². The fraction of sp³-hybridized carbons (Fsp3) is 0.692. The van der Waals surface area contributed by atoms with Gasteiger partial charge in [0.15, 0.2) is 0 Å². The molecular formula is C13H21N3. The van der Waals surface area contributed by atoms with Gasteiger partial charge >= 0.3 is 0 Å². The van der Waals surface area contributed by atoms with Crippen LogP contribution in [0.5, 0.6) is 0 Å². The maximum absolute atomic E-state index is 5.50. The molecule has 0 amide bonds. The molecule has 3 heteroatoms. The second-order valence-electron chi connectivity index (χ2n) is 4.71. The molecule has 0 saturated heterocycles. The lowest BCUT2D eigenvalue weighted by Crippen LogP contribution is -2.06. The lowest BCUT2D eigenvalue weighted by molar-refractivity contribution is 0.676. The summed E-state index contributed by atoms with van der Waals surface area (Å²) in [5, 5.41) is 0. The van der Waals surface area contributed by atoms with Crippen LogP contribution in [0.1, 0.15) is 55.1 Å². The molecule has 0 aromatic carbocycles. The Morgan fingerprint density at radius 2 is 2.12 bits per heavy atom. The monoisotopic (exact) mass is 219 g/mol. The van der Waals surface area contributed by atoms with Crippen molar-refractivity contribution in [3.05, 3.63) is 23.3 Å². The lowest BCUT2D eigenvalue weighted by atomic mass is 10.0.